The highest BCUT2D eigenvalue weighted by atomic mass is 79.9. The molecule has 39 heavy (non-hydrogen) atoms. The molecule has 4 aromatic rings. The zero-order valence-electron chi connectivity index (χ0n) is 19.6. The highest BCUT2D eigenvalue weighted by Crippen LogP contribution is 2.34. The third-order valence-electron chi connectivity index (χ3n) is 5.89. The summed E-state index contributed by atoms with van der Waals surface area (Å²) in [6, 6.07) is 8.15. The first-order chi connectivity index (χ1) is 18.7. The molecule has 198 valence electrons. The molecule has 5 nitrogen and oxygen atoms in total. The van der Waals surface area contributed by atoms with Gasteiger partial charge in [-0.1, -0.05) is 29.3 Å². The zero-order chi connectivity index (χ0) is 27.8. The number of nitrogens with zero attached hydrogens (tertiary/aromatic N) is 2. The molecule has 0 saturated carbocycles. The zero-order valence-corrected chi connectivity index (χ0v) is 23.5. The number of allylic oxidation sites excluding steroid dienone is 4. The van der Waals surface area contributed by atoms with Crippen LogP contribution in [0.3, 0.4) is 0 Å². The largest absolute Gasteiger partial charge is 0.323 e. The molecule has 2 aromatic heterocycles. The van der Waals surface area contributed by atoms with Gasteiger partial charge in [0.2, 0.25) is 5.78 Å². The fourth-order valence-corrected chi connectivity index (χ4v) is 5.73. The summed E-state index contributed by atoms with van der Waals surface area (Å²) in [5.41, 5.74) is -1.12. The molecule has 0 fully saturated rings. The normalized spacial score (nSPS) is 13.3. The highest BCUT2D eigenvalue weighted by Gasteiger charge is 2.28. The first-order valence-corrected chi connectivity index (χ1v) is 13.7. The van der Waals surface area contributed by atoms with Crippen molar-refractivity contribution in [3.63, 3.8) is 0 Å². The van der Waals surface area contributed by atoms with Crippen LogP contribution in [0.2, 0.25) is 10.0 Å². The van der Waals surface area contributed by atoms with Gasteiger partial charge in [-0.3, -0.25) is 14.2 Å². The summed E-state index contributed by atoms with van der Waals surface area (Å²) >= 11 is 16.7. The topological polar surface area (TPSA) is 64.0 Å². The second-order valence-electron chi connectivity index (χ2n) is 8.39. The van der Waals surface area contributed by atoms with Crippen molar-refractivity contribution < 1.29 is 22.8 Å². The first kappa shape index (κ1) is 27.5. The number of nitrogens with one attached hydrogen (secondary N) is 1. The molecular formula is C27H15BrCl2F3N3O2S. The summed E-state index contributed by atoms with van der Waals surface area (Å²) in [6.45, 7) is 0. The van der Waals surface area contributed by atoms with Gasteiger partial charge < -0.3 is 4.72 Å². The Morgan fingerprint density at radius 3 is 2.54 bits per heavy atom. The van der Waals surface area contributed by atoms with Crippen LogP contribution < -0.4 is 4.72 Å². The Kier molecular flexibility index (Phi) is 7.91. The molecule has 0 aliphatic heterocycles. The lowest BCUT2D eigenvalue weighted by atomic mass is 10.0. The lowest BCUT2D eigenvalue weighted by Gasteiger charge is -2.13. The van der Waals surface area contributed by atoms with Gasteiger partial charge in [0.1, 0.15) is 17.3 Å². The van der Waals surface area contributed by atoms with Gasteiger partial charge in [-0.25, -0.2) is 18.2 Å². The fourth-order valence-electron chi connectivity index (χ4n) is 4.05. The number of ketones is 1. The van der Waals surface area contributed by atoms with Crippen molar-refractivity contribution in [2.75, 3.05) is 4.72 Å². The van der Waals surface area contributed by atoms with E-state index in [0.717, 1.165) is 34.8 Å². The van der Waals surface area contributed by atoms with Crippen LogP contribution >= 0.6 is 51.1 Å². The van der Waals surface area contributed by atoms with E-state index < -0.39 is 34.7 Å². The molecule has 1 aliphatic carbocycles. The van der Waals surface area contributed by atoms with E-state index in [9.17, 15) is 18.4 Å². The van der Waals surface area contributed by atoms with Crippen LogP contribution in [0, 0.1) is 11.6 Å². The van der Waals surface area contributed by atoms with Crippen molar-refractivity contribution >= 4 is 79.5 Å². The molecule has 1 N–H and O–H groups in total. The summed E-state index contributed by atoms with van der Waals surface area (Å²) in [5, 5.41) is 0.333. The molecule has 2 aromatic carbocycles. The van der Waals surface area contributed by atoms with Crippen molar-refractivity contribution in [3.8, 4) is 0 Å². The maximum Gasteiger partial charge on any atom is 0.266 e. The van der Waals surface area contributed by atoms with Gasteiger partial charge >= 0.3 is 0 Å². The average molecular weight is 653 g/mol. The maximum absolute atomic E-state index is 15.5. The monoisotopic (exact) mass is 651 g/mol. The van der Waals surface area contributed by atoms with Crippen LogP contribution in [0.15, 0.2) is 76.1 Å². The minimum atomic E-state index is -1.13. The van der Waals surface area contributed by atoms with Gasteiger partial charge in [-0.05, 0) is 83.2 Å². The number of carbonyl (C=O) groups excluding carboxylic acids is 2. The molecule has 5 rings (SSSR count). The Morgan fingerprint density at radius 1 is 1.08 bits per heavy atom. The van der Waals surface area contributed by atoms with Crippen LogP contribution in [0.4, 0.5) is 18.9 Å². The summed E-state index contributed by atoms with van der Waals surface area (Å²) < 4.78 is 48.3. The number of rotatable bonds is 6. The fraction of sp³-hybridized carbons (Fsp3) is 0.0741. The number of fused-ring (bicyclic) bond motifs is 1. The molecule has 0 unspecified atom stereocenters. The minimum absolute atomic E-state index is 0.0228. The van der Waals surface area contributed by atoms with Gasteiger partial charge in [0, 0.05) is 27.2 Å². The number of benzene rings is 2. The minimum Gasteiger partial charge on any atom is -0.323 e. The summed E-state index contributed by atoms with van der Waals surface area (Å²) in [5.74, 6) is -4.32. The van der Waals surface area contributed by atoms with E-state index in [1.54, 1.807) is 6.07 Å². The predicted octanol–water partition coefficient (Wildman–Crippen LogP) is 8.89. The first-order valence-electron chi connectivity index (χ1n) is 11.3. The van der Waals surface area contributed by atoms with Gasteiger partial charge in [0.25, 0.3) is 5.91 Å². The van der Waals surface area contributed by atoms with Crippen molar-refractivity contribution in [1.29, 1.82) is 0 Å². The molecule has 12 heteroatoms. The SMILES string of the molecule is O=C(c1c(F)ccc(NSC2=CC(F)=CCC2)c1F)c1cn(C(=O)c2c(Cl)cccc2Cl)c2ncc(Br)cc12. The second-order valence-corrected chi connectivity index (χ2v) is 11.1. The standard InChI is InChI=1S/C27H15BrCl2F3N3O2S/c28-13-9-16-17(12-36(26(16)34-11-13)27(38)22-18(29)5-2-6-19(22)30)25(37)23-20(32)7-8-21(24(23)33)35-39-15-4-1-3-14(31)10-15/h2-3,5-12,35H,1,4H2. The lowest BCUT2D eigenvalue weighted by molar-refractivity contribution is 0.0964. The maximum atomic E-state index is 15.5. The highest BCUT2D eigenvalue weighted by molar-refractivity contribution is 9.10. The van der Waals surface area contributed by atoms with Crippen LogP contribution in [0.1, 0.15) is 39.1 Å². The van der Waals surface area contributed by atoms with Gasteiger partial charge in [-0.15, -0.1) is 0 Å². The summed E-state index contributed by atoms with van der Waals surface area (Å²) in [6.07, 6.45) is 6.36. The van der Waals surface area contributed by atoms with Gasteiger partial charge in [0.15, 0.2) is 5.82 Å². The van der Waals surface area contributed by atoms with E-state index in [1.807, 2.05) is 0 Å². The van der Waals surface area contributed by atoms with Gasteiger partial charge in [-0.2, -0.15) is 0 Å². The number of hydrogen-bond acceptors (Lipinski definition) is 5. The Hall–Kier alpha value is -3.05. The Bertz CT molecular complexity index is 1720. The lowest BCUT2D eigenvalue weighted by Crippen LogP contribution is -2.13. The molecule has 0 radical (unpaired) electrons. The van der Waals surface area contributed by atoms with E-state index in [2.05, 4.69) is 25.6 Å². The average Bonchev–Trinajstić information content (AvgIpc) is 3.27. The van der Waals surface area contributed by atoms with E-state index in [-0.39, 0.29) is 37.9 Å². The predicted molar refractivity (Wildman–Crippen MR) is 151 cm³/mol. The number of carbonyl (C=O) groups is 2. The smallest absolute Gasteiger partial charge is 0.266 e. The molecule has 0 amide bonds. The van der Waals surface area contributed by atoms with Gasteiger partial charge in [0.05, 0.1) is 32.4 Å². The van der Waals surface area contributed by atoms with E-state index in [1.165, 1.54) is 36.5 Å². The van der Waals surface area contributed by atoms with Crippen LogP contribution in [0.5, 0.6) is 0 Å². The van der Waals surface area contributed by atoms with E-state index in [4.69, 9.17) is 23.2 Å². The molecule has 0 bridgehead atoms. The van der Waals surface area contributed by atoms with Crippen LogP contribution in [-0.2, 0) is 0 Å². The van der Waals surface area contributed by atoms with E-state index in [0.29, 0.717) is 22.2 Å². The Labute approximate surface area is 243 Å². The molecule has 2 heterocycles. The van der Waals surface area contributed by atoms with E-state index >= 15 is 4.39 Å². The Morgan fingerprint density at radius 2 is 1.82 bits per heavy atom. The second kappa shape index (κ2) is 11.2. The summed E-state index contributed by atoms with van der Waals surface area (Å²) in [4.78, 5) is 31.9. The van der Waals surface area contributed by atoms with Crippen LogP contribution in [0.25, 0.3) is 11.0 Å². The molecule has 0 atom stereocenters. The molecular weight excluding hydrogens is 638 g/mol. The van der Waals surface area contributed by atoms with Crippen LogP contribution in [-0.4, -0.2) is 21.2 Å². The number of anilines is 1. The van der Waals surface area contributed by atoms with Crippen molar-refractivity contribution in [2.24, 2.45) is 0 Å². The molecule has 0 spiro atoms. The quantitative estimate of drug-likeness (QED) is 0.166. The third kappa shape index (κ3) is 5.38. The van der Waals surface area contributed by atoms with Crippen molar-refractivity contribution in [2.45, 2.75) is 12.8 Å². The Balaban J connectivity index is 1.57. The number of hydrogen-bond donors (Lipinski definition) is 1. The molecule has 1 aliphatic rings. The van der Waals surface area contributed by atoms with Crippen molar-refractivity contribution in [3.05, 3.63) is 115 Å². The number of halogens is 6. The summed E-state index contributed by atoms with van der Waals surface area (Å²) in [7, 11) is 0. The molecule has 0 saturated heterocycles. The number of pyridine rings is 1. The third-order valence-corrected chi connectivity index (χ3v) is 7.86. The van der Waals surface area contributed by atoms with Crippen molar-refractivity contribution in [1.82, 2.24) is 9.55 Å². The number of aromatic nitrogens is 2.